The third-order valence-electron chi connectivity index (χ3n) is 8.31. The summed E-state index contributed by atoms with van der Waals surface area (Å²) in [5.74, 6) is -4.96. The largest absolute Gasteiger partial charge is 0.508 e. The molecule has 0 saturated carbocycles. The fourth-order valence-electron chi connectivity index (χ4n) is 5.14. The van der Waals surface area contributed by atoms with E-state index in [9.17, 15) is 39.0 Å². The van der Waals surface area contributed by atoms with Crippen molar-refractivity contribution in [3.63, 3.8) is 0 Å². The number of carboxylic acids is 1. The predicted molar refractivity (Wildman–Crippen MR) is 170 cm³/mol. The zero-order valence-corrected chi connectivity index (χ0v) is 27.5. The van der Waals surface area contributed by atoms with Crippen molar-refractivity contribution < 1.29 is 39.0 Å². The van der Waals surface area contributed by atoms with Crippen molar-refractivity contribution >= 4 is 35.5 Å². The smallest absolute Gasteiger partial charge is 0.326 e. The van der Waals surface area contributed by atoms with Crippen LogP contribution in [0.1, 0.15) is 66.4 Å². The van der Waals surface area contributed by atoms with Crippen LogP contribution >= 0.6 is 0 Å². The summed E-state index contributed by atoms with van der Waals surface area (Å²) in [5, 5.41) is 29.3. The summed E-state index contributed by atoms with van der Waals surface area (Å²) >= 11 is 0. The normalized spacial score (nSPS) is 17.8. The Bertz CT molecular complexity index is 1240. The lowest BCUT2D eigenvalue weighted by Gasteiger charge is -2.30. The number of benzene rings is 1. The Morgan fingerprint density at radius 1 is 0.913 bits per heavy atom. The standard InChI is InChI=1S/C32H50N6O8/c1-7-19(6)25(33)31(44)38-14-8-9-23(38)29(42)35-22(15-20-10-12-21(39)13-11-20)28(41)37-26(17(2)3)30(43)34-16-24(40)36-27(18(4)5)32(45)46/h10-13,17-19,22-23,25-27,39H,7-9,14-16,33H2,1-6H3,(H,34,43)(H,35,42)(H,36,40)(H,37,41)(H,45,46)/t19-,22-,23-,25-,26-,27-/m0/s1. The summed E-state index contributed by atoms with van der Waals surface area (Å²) in [5.41, 5.74) is 6.81. The van der Waals surface area contributed by atoms with Gasteiger partial charge in [-0.15, -0.1) is 0 Å². The first kappa shape index (κ1) is 38.0. The van der Waals surface area contributed by atoms with Gasteiger partial charge in [0, 0.05) is 13.0 Å². The lowest BCUT2D eigenvalue weighted by molar-refractivity contribution is -0.143. The van der Waals surface area contributed by atoms with E-state index in [2.05, 4.69) is 21.3 Å². The van der Waals surface area contributed by atoms with Crippen LogP contribution in [0, 0.1) is 17.8 Å². The molecule has 46 heavy (non-hydrogen) atoms. The van der Waals surface area contributed by atoms with E-state index >= 15 is 0 Å². The maximum absolute atomic E-state index is 13.7. The van der Waals surface area contributed by atoms with E-state index < -0.39 is 72.3 Å². The van der Waals surface area contributed by atoms with E-state index in [4.69, 9.17) is 5.73 Å². The molecule has 2 rings (SSSR count). The number of phenolic OH excluding ortho intramolecular Hbond substituents is 1. The quantitative estimate of drug-likeness (QED) is 0.131. The van der Waals surface area contributed by atoms with Gasteiger partial charge in [-0.1, -0.05) is 60.1 Å². The molecule has 0 bridgehead atoms. The van der Waals surface area contributed by atoms with Gasteiger partial charge in [-0.25, -0.2) is 4.79 Å². The topological polar surface area (TPSA) is 220 Å². The highest BCUT2D eigenvalue weighted by Gasteiger charge is 2.39. The van der Waals surface area contributed by atoms with E-state index in [1.165, 1.54) is 17.0 Å². The van der Waals surface area contributed by atoms with Gasteiger partial charge in [-0.2, -0.15) is 0 Å². The van der Waals surface area contributed by atoms with E-state index in [0.717, 1.165) is 0 Å². The number of nitrogens with zero attached hydrogens (tertiary/aromatic N) is 1. The molecule has 0 aliphatic carbocycles. The molecular formula is C32H50N6O8. The number of carbonyl (C=O) groups excluding carboxylic acids is 5. The fourth-order valence-corrected chi connectivity index (χ4v) is 5.14. The van der Waals surface area contributed by atoms with Crippen molar-refractivity contribution in [2.75, 3.05) is 13.1 Å². The van der Waals surface area contributed by atoms with Crippen molar-refractivity contribution in [2.45, 2.75) is 97.4 Å². The van der Waals surface area contributed by atoms with Crippen LogP contribution in [-0.4, -0.2) is 93.9 Å². The van der Waals surface area contributed by atoms with Crippen LogP contribution in [0.3, 0.4) is 0 Å². The first-order valence-corrected chi connectivity index (χ1v) is 15.8. The summed E-state index contributed by atoms with van der Waals surface area (Å²) in [6.07, 6.45) is 1.71. The van der Waals surface area contributed by atoms with Gasteiger partial charge in [0.25, 0.3) is 0 Å². The summed E-state index contributed by atoms with van der Waals surface area (Å²) in [6, 6.07) is 1.13. The number of hydrogen-bond donors (Lipinski definition) is 7. The van der Waals surface area contributed by atoms with Gasteiger partial charge < -0.3 is 42.1 Å². The van der Waals surface area contributed by atoms with Crippen molar-refractivity contribution in [1.82, 2.24) is 26.2 Å². The number of aromatic hydroxyl groups is 1. The van der Waals surface area contributed by atoms with Gasteiger partial charge in [-0.05, 0) is 48.3 Å². The molecule has 14 heteroatoms. The van der Waals surface area contributed by atoms with Crippen LogP contribution in [0.5, 0.6) is 5.75 Å². The highest BCUT2D eigenvalue weighted by atomic mass is 16.4. The molecule has 1 aromatic carbocycles. The van der Waals surface area contributed by atoms with Gasteiger partial charge in [-0.3, -0.25) is 24.0 Å². The van der Waals surface area contributed by atoms with Crippen LogP contribution in [-0.2, 0) is 35.2 Å². The second-order valence-corrected chi connectivity index (χ2v) is 12.6. The molecule has 256 valence electrons. The van der Waals surface area contributed by atoms with Crippen molar-refractivity contribution in [1.29, 1.82) is 0 Å². The Labute approximate surface area is 270 Å². The van der Waals surface area contributed by atoms with Crippen LogP contribution in [0.15, 0.2) is 24.3 Å². The Kier molecular flexibility index (Phi) is 14.4. The van der Waals surface area contributed by atoms with Crippen LogP contribution in [0.4, 0.5) is 0 Å². The minimum absolute atomic E-state index is 0.0194. The minimum Gasteiger partial charge on any atom is -0.508 e. The number of phenols is 1. The minimum atomic E-state index is -1.20. The molecular weight excluding hydrogens is 596 g/mol. The number of carbonyl (C=O) groups is 6. The Hall–Kier alpha value is -4.20. The Morgan fingerprint density at radius 2 is 1.52 bits per heavy atom. The predicted octanol–water partition coefficient (Wildman–Crippen LogP) is 0.266. The molecule has 14 nitrogen and oxygen atoms in total. The van der Waals surface area contributed by atoms with Gasteiger partial charge >= 0.3 is 5.97 Å². The number of amides is 5. The number of nitrogens with two attached hydrogens (primary N) is 1. The van der Waals surface area contributed by atoms with Crippen LogP contribution in [0.2, 0.25) is 0 Å². The number of nitrogens with one attached hydrogen (secondary N) is 4. The number of carboxylic acid groups (broad SMARTS) is 1. The fraction of sp³-hybridized carbons (Fsp3) is 0.625. The molecule has 1 saturated heterocycles. The summed E-state index contributed by atoms with van der Waals surface area (Å²) in [4.78, 5) is 78.7. The molecule has 1 aliphatic rings. The molecule has 5 amide bonds. The van der Waals surface area contributed by atoms with Gasteiger partial charge in [0.1, 0.15) is 29.9 Å². The molecule has 0 unspecified atom stereocenters. The SMILES string of the molecule is CC[C@H](C)[C@H](N)C(=O)N1CCC[C@H]1C(=O)N[C@@H](Cc1ccc(O)cc1)C(=O)N[C@H](C(=O)NCC(=O)N[C@H](C(=O)O)C(C)C)C(C)C. The molecule has 1 heterocycles. The molecule has 6 atom stereocenters. The van der Waals surface area contributed by atoms with E-state index in [1.807, 2.05) is 13.8 Å². The summed E-state index contributed by atoms with van der Waals surface area (Å²) in [6.45, 7) is 10.3. The zero-order chi connectivity index (χ0) is 34.7. The van der Waals surface area contributed by atoms with Crippen LogP contribution in [0.25, 0.3) is 0 Å². The molecule has 1 aliphatic heterocycles. The van der Waals surface area contributed by atoms with Crippen molar-refractivity contribution in [2.24, 2.45) is 23.5 Å². The van der Waals surface area contributed by atoms with Gasteiger partial charge in [0.15, 0.2) is 0 Å². The molecule has 0 radical (unpaired) electrons. The monoisotopic (exact) mass is 646 g/mol. The van der Waals surface area contributed by atoms with Gasteiger partial charge in [0.2, 0.25) is 29.5 Å². The zero-order valence-electron chi connectivity index (χ0n) is 27.5. The number of hydrogen-bond acceptors (Lipinski definition) is 8. The lowest BCUT2D eigenvalue weighted by atomic mass is 9.98. The first-order valence-electron chi connectivity index (χ1n) is 15.8. The molecule has 1 aromatic rings. The number of aliphatic carboxylic acids is 1. The summed E-state index contributed by atoms with van der Waals surface area (Å²) in [7, 11) is 0. The number of rotatable bonds is 16. The molecule has 0 spiro atoms. The van der Waals surface area contributed by atoms with Crippen molar-refractivity contribution in [3.8, 4) is 5.75 Å². The van der Waals surface area contributed by atoms with E-state index in [1.54, 1.807) is 39.8 Å². The first-order chi connectivity index (χ1) is 21.6. The third-order valence-corrected chi connectivity index (χ3v) is 8.31. The lowest BCUT2D eigenvalue weighted by Crippen LogP contribution is -2.59. The average Bonchev–Trinajstić information content (AvgIpc) is 3.50. The van der Waals surface area contributed by atoms with E-state index in [-0.39, 0.29) is 29.9 Å². The average molecular weight is 647 g/mol. The molecule has 1 fully saturated rings. The highest BCUT2D eigenvalue weighted by Crippen LogP contribution is 2.21. The van der Waals surface area contributed by atoms with Crippen LogP contribution < -0.4 is 27.0 Å². The maximum Gasteiger partial charge on any atom is 0.326 e. The second-order valence-electron chi connectivity index (χ2n) is 12.6. The molecule has 0 aromatic heterocycles. The Balaban J connectivity index is 2.20. The Morgan fingerprint density at radius 3 is 2.07 bits per heavy atom. The number of likely N-dealkylation sites (tertiary alicyclic amines) is 1. The van der Waals surface area contributed by atoms with E-state index in [0.29, 0.717) is 31.4 Å². The highest BCUT2D eigenvalue weighted by molar-refractivity contribution is 5.96. The molecule has 8 N–H and O–H groups in total. The van der Waals surface area contributed by atoms with Gasteiger partial charge in [0.05, 0.1) is 12.6 Å². The second kappa shape index (κ2) is 17.5. The maximum atomic E-state index is 13.7. The van der Waals surface area contributed by atoms with Crippen molar-refractivity contribution in [3.05, 3.63) is 29.8 Å². The summed E-state index contributed by atoms with van der Waals surface area (Å²) < 4.78 is 0. The third kappa shape index (κ3) is 10.7.